The number of benzene rings is 2. The molecule has 0 amide bonds. The van der Waals surface area contributed by atoms with Gasteiger partial charge in [-0.25, -0.2) is 0 Å². The number of halogens is 1. The smallest absolute Gasteiger partial charge is 0.307 e. The molecule has 0 aromatic heterocycles. The number of rotatable bonds is 4. The second-order valence-corrected chi connectivity index (χ2v) is 6.88. The zero-order valence-electron chi connectivity index (χ0n) is 14.2. The van der Waals surface area contributed by atoms with Crippen LogP contribution in [0.1, 0.15) is 31.7 Å². The molecule has 4 nitrogen and oxygen atoms in total. The monoisotopic (exact) mass is 402 g/mol. The summed E-state index contributed by atoms with van der Waals surface area (Å²) in [6.45, 7) is 1.37. The van der Waals surface area contributed by atoms with Gasteiger partial charge in [-0.1, -0.05) is 24.3 Å². The number of Topliss-reactive ketones (excluding diaryl/α,β-unsaturated/α-hetero) is 1. The van der Waals surface area contributed by atoms with Crippen LogP contribution >= 0.6 is 15.9 Å². The van der Waals surface area contributed by atoms with Crippen LogP contribution in [0.25, 0.3) is 10.8 Å². The number of methoxy groups -OCH3 is 1. The highest BCUT2D eigenvalue weighted by molar-refractivity contribution is 9.10. The van der Waals surface area contributed by atoms with Crippen molar-refractivity contribution in [3.05, 3.63) is 51.7 Å². The second-order valence-electron chi connectivity index (χ2n) is 6.09. The Morgan fingerprint density at radius 1 is 1.20 bits per heavy atom. The maximum atomic E-state index is 12.3. The van der Waals surface area contributed by atoms with E-state index >= 15 is 0 Å². The van der Waals surface area contributed by atoms with Gasteiger partial charge in [0.2, 0.25) is 0 Å². The Hall–Kier alpha value is -2.14. The van der Waals surface area contributed by atoms with Crippen molar-refractivity contribution in [1.29, 1.82) is 0 Å². The van der Waals surface area contributed by atoms with Crippen LogP contribution in [0.15, 0.2) is 46.1 Å². The average Bonchev–Trinajstić information content (AvgIpc) is 2.58. The van der Waals surface area contributed by atoms with Gasteiger partial charge in [0.1, 0.15) is 11.5 Å². The maximum absolute atomic E-state index is 12.3. The van der Waals surface area contributed by atoms with Gasteiger partial charge in [0, 0.05) is 31.8 Å². The topological polar surface area (TPSA) is 52.6 Å². The summed E-state index contributed by atoms with van der Waals surface area (Å²) in [5.41, 5.74) is 1.63. The molecule has 0 spiro atoms. The van der Waals surface area contributed by atoms with Crippen LogP contribution in [-0.4, -0.2) is 18.9 Å². The molecule has 0 N–H and O–H groups in total. The Morgan fingerprint density at radius 2 is 2.00 bits per heavy atom. The molecule has 0 unspecified atom stereocenters. The first kappa shape index (κ1) is 17.7. The van der Waals surface area contributed by atoms with Crippen molar-refractivity contribution >= 4 is 38.5 Å². The first-order valence-electron chi connectivity index (χ1n) is 8.18. The molecule has 2 aromatic carbocycles. The quantitative estimate of drug-likeness (QED) is 0.693. The first-order chi connectivity index (χ1) is 12.0. The number of allylic oxidation sites excluding steroid dienone is 2. The molecular weight excluding hydrogens is 384 g/mol. The Balaban J connectivity index is 1.97. The fraction of sp³-hybridized carbons (Fsp3) is 0.300. The predicted octanol–water partition coefficient (Wildman–Crippen LogP) is 4.72. The number of fused-ring (bicyclic) bond motifs is 1. The molecule has 0 saturated carbocycles. The summed E-state index contributed by atoms with van der Waals surface area (Å²) in [4.78, 5) is 23.6. The lowest BCUT2D eigenvalue weighted by molar-refractivity contribution is -0.137. The van der Waals surface area contributed by atoms with E-state index in [-0.39, 0.29) is 11.8 Å². The Bertz CT molecular complexity index is 883. The van der Waals surface area contributed by atoms with E-state index in [0.29, 0.717) is 30.6 Å². The van der Waals surface area contributed by atoms with E-state index in [1.807, 2.05) is 24.3 Å². The SMILES string of the molecule is COc1ccc2cc(CC3=C(OC(C)=O)CCCC3=O)ccc2c1Br. The van der Waals surface area contributed by atoms with E-state index in [0.717, 1.165) is 33.0 Å². The van der Waals surface area contributed by atoms with Gasteiger partial charge < -0.3 is 9.47 Å². The van der Waals surface area contributed by atoms with Crippen molar-refractivity contribution < 1.29 is 19.1 Å². The molecule has 0 radical (unpaired) electrons. The van der Waals surface area contributed by atoms with Gasteiger partial charge in [0.15, 0.2) is 5.78 Å². The number of carbonyl (C=O) groups excluding carboxylic acids is 2. The van der Waals surface area contributed by atoms with E-state index in [1.165, 1.54) is 6.92 Å². The number of ketones is 1. The Morgan fingerprint density at radius 3 is 2.72 bits per heavy atom. The van der Waals surface area contributed by atoms with Crippen LogP contribution in [0, 0.1) is 0 Å². The van der Waals surface area contributed by atoms with Crippen LogP contribution in [0.2, 0.25) is 0 Å². The summed E-state index contributed by atoms with van der Waals surface area (Å²) < 4.78 is 11.5. The molecule has 5 heteroatoms. The van der Waals surface area contributed by atoms with Crippen LogP contribution < -0.4 is 4.74 Å². The van der Waals surface area contributed by atoms with Gasteiger partial charge in [-0.05, 0) is 44.8 Å². The summed E-state index contributed by atoms with van der Waals surface area (Å²) in [6, 6.07) is 9.96. The van der Waals surface area contributed by atoms with Crippen molar-refractivity contribution in [3.63, 3.8) is 0 Å². The van der Waals surface area contributed by atoms with Crippen LogP contribution in [0.5, 0.6) is 5.75 Å². The highest BCUT2D eigenvalue weighted by atomic mass is 79.9. The number of hydrogen-bond acceptors (Lipinski definition) is 4. The van der Waals surface area contributed by atoms with Crippen LogP contribution in [0.4, 0.5) is 0 Å². The molecule has 0 atom stereocenters. The largest absolute Gasteiger partial charge is 0.496 e. The highest BCUT2D eigenvalue weighted by Gasteiger charge is 2.23. The lowest BCUT2D eigenvalue weighted by Gasteiger charge is -2.19. The second kappa shape index (κ2) is 7.40. The van der Waals surface area contributed by atoms with Crippen molar-refractivity contribution in [2.24, 2.45) is 0 Å². The molecular formula is C20H19BrO4. The van der Waals surface area contributed by atoms with E-state index < -0.39 is 0 Å². The average molecular weight is 403 g/mol. The fourth-order valence-electron chi connectivity index (χ4n) is 3.14. The summed E-state index contributed by atoms with van der Waals surface area (Å²) in [6.07, 6.45) is 2.35. The minimum atomic E-state index is -0.378. The standard InChI is InChI=1S/C20H19BrO4/c1-12(22)25-18-5-3-4-17(23)16(18)11-13-6-8-15-14(10-13)7-9-19(24-2)20(15)21/h6-10H,3-5,11H2,1-2H3. The fourth-order valence-corrected chi connectivity index (χ4v) is 3.80. The Kier molecular flexibility index (Phi) is 5.23. The lowest BCUT2D eigenvalue weighted by Crippen LogP contribution is -2.16. The van der Waals surface area contributed by atoms with Crippen molar-refractivity contribution in [2.75, 3.05) is 7.11 Å². The normalized spacial score (nSPS) is 14.8. The molecule has 130 valence electrons. The molecule has 0 fully saturated rings. The first-order valence-corrected chi connectivity index (χ1v) is 8.97. The van der Waals surface area contributed by atoms with Crippen molar-refractivity contribution in [3.8, 4) is 5.75 Å². The van der Waals surface area contributed by atoms with E-state index in [4.69, 9.17) is 9.47 Å². The molecule has 2 aromatic rings. The summed E-state index contributed by atoms with van der Waals surface area (Å²) in [7, 11) is 1.64. The number of hydrogen-bond donors (Lipinski definition) is 0. The number of carbonyl (C=O) groups is 2. The third kappa shape index (κ3) is 3.76. The minimum absolute atomic E-state index is 0.0681. The van der Waals surface area contributed by atoms with E-state index in [2.05, 4.69) is 22.0 Å². The highest BCUT2D eigenvalue weighted by Crippen LogP contribution is 2.34. The summed E-state index contributed by atoms with van der Waals surface area (Å²) in [5, 5.41) is 2.11. The van der Waals surface area contributed by atoms with Gasteiger partial charge in [-0.2, -0.15) is 0 Å². The predicted molar refractivity (Wildman–Crippen MR) is 99.6 cm³/mol. The van der Waals surface area contributed by atoms with Crippen LogP contribution in [-0.2, 0) is 20.7 Å². The molecule has 0 bridgehead atoms. The molecule has 0 saturated heterocycles. The van der Waals surface area contributed by atoms with Gasteiger partial charge in [-0.15, -0.1) is 0 Å². The molecule has 25 heavy (non-hydrogen) atoms. The van der Waals surface area contributed by atoms with Crippen molar-refractivity contribution in [2.45, 2.75) is 32.6 Å². The molecule has 0 heterocycles. The summed E-state index contributed by atoms with van der Waals surface area (Å²) >= 11 is 3.57. The van der Waals surface area contributed by atoms with Gasteiger partial charge in [0.25, 0.3) is 0 Å². The zero-order valence-corrected chi connectivity index (χ0v) is 15.8. The molecule has 1 aliphatic rings. The van der Waals surface area contributed by atoms with Gasteiger partial charge in [-0.3, -0.25) is 9.59 Å². The molecule has 3 rings (SSSR count). The zero-order chi connectivity index (χ0) is 18.0. The summed E-state index contributed by atoms with van der Waals surface area (Å²) in [5.74, 6) is 0.998. The molecule has 1 aliphatic carbocycles. The van der Waals surface area contributed by atoms with Gasteiger partial charge >= 0.3 is 5.97 Å². The maximum Gasteiger partial charge on any atom is 0.307 e. The minimum Gasteiger partial charge on any atom is -0.496 e. The van der Waals surface area contributed by atoms with E-state index in [9.17, 15) is 9.59 Å². The lowest BCUT2D eigenvalue weighted by atomic mass is 9.90. The third-order valence-electron chi connectivity index (χ3n) is 4.33. The number of ether oxygens (including phenoxy) is 2. The van der Waals surface area contributed by atoms with Crippen molar-refractivity contribution in [1.82, 2.24) is 0 Å². The Labute approximate surface area is 154 Å². The van der Waals surface area contributed by atoms with Gasteiger partial charge in [0.05, 0.1) is 11.6 Å². The third-order valence-corrected chi connectivity index (χ3v) is 5.15. The number of esters is 1. The van der Waals surface area contributed by atoms with E-state index in [1.54, 1.807) is 7.11 Å². The van der Waals surface area contributed by atoms with Crippen LogP contribution in [0.3, 0.4) is 0 Å². The molecule has 0 aliphatic heterocycles.